The Bertz CT molecular complexity index is 940. The molecule has 0 aliphatic carbocycles. The highest BCUT2D eigenvalue weighted by atomic mass is 19.1. The molecular weight excluding hydrogens is 341 g/mol. The van der Waals surface area contributed by atoms with Crippen molar-refractivity contribution in [1.82, 2.24) is 9.55 Å². The molecule has 0 fully saturated rings. The summed E-state index contributed by atoms with van der Waals surface area (Å²) in [6, 6.07) is 14.3. The molecule has 5 heteroatoms. The predicted octanol–water partition coefficient (Wildman–Crippen LogP) is 4.60. The first-order valence-corrected chi connectivity index (χ1v) is 9.39. The highest BCUT2D eigenvalue weighted by Gasteiger charge is 2.14. The lowest BCUT2D eigenvalue weighted by Gasteiger charge is -2.11. The molecule has 0 spiro atoms. The van der Waals surface area contributed by atoms with E-state index < -0.39 is 0 Å². The summed E-state index contributed by atoms with van der Waals surface area (Å²) >= 11 is 0. The Morgan fingerprint density at radius 2 is 2.04 bits per heavy atom. The molecule has 27 heavy (non-hydrogen) atoms. The van der Waals surface area contributed by atoms with Crippen LogP contribution in [-0.2, 0) is 24.2 Å². The number of hydrogen-bond donors (Lipinski definition) is 1. The van der Waals surface area contributed by atoms with Gasteiger partial charge in [-0.3, -0.25) is 4.79 Å². The van der Waals surface area contributed by atoms with E-state index in [1.165, 1.54) is 18.9 Å². The number of carbonyl (C=O) groups excluding carboxylic acids is 1. The van der Waals surface area contributed by atoms with E-state index in [1.807, 2.05) is 24.3 Å². The number of carbonyl (C=O) groups is 1. The number of hydrogen-bond acceptors (Lipinski definition) is 2. The van der Waals surface area contributed by atoms with Crippen LogP contribution in [0.25, 0.3) is 11.3 Å². The van der Waals surface area contributed by atoms with Gasteiger partial charge in [0.1, 0.15) is 11.6 Å². The molecule has 0 bridgehead atoms. The van der Waals surface area contributed by atoms with E-state index in [0.29, 0.717) is 12.0 Å². The second-order valence-corrected chi connectivity index (χ2v) is 6.91. The van der Waals surface area contributed by atoms with Crippen LogP contribution in [0.3, 0.4) is 0 Å². The van der Waals surface area contributed by atoms with Crippen LogP contribution in [0.2, 0.25) is 0 Å². The SMILES string of the molecule is O=C(CCc1ccccc1F)Nc1cccc(-c2cn3c(n2)CCCC3)c1. The van der Waals surface area contributed by atoms with E-state index in [4.69, 9.17) is 4.98 Å². The molecule has 138 valence electrons. The summed E-state index contributed by atoms with van der Waals surface area (Å²) in [7, 11) is 0. The van der Waals surface area contributed by atoms with Crippen LogP contribution in [-0.4, -0.2) is 15.5 Å². The molecule has 4 rings (SSSR count). The van der Waals surface area contributed by atoms with Crippen LogP contribution in [0.1, 0.15) is 30.7 Å². The number of benzene rings is 2. The minimum atomic E-state index is -0.268. The van der Waals surface area contributed by atoms with Gasteiger partial charge in [0.15, 0.2) is 0 Å². The fraction of sp³-hybridized carbons (Fsp3) is 0.273. The zero-order chi connectivity index (χ0) is 18.6. The summed E-state index contributed by atoms with van der Waals surface area (Å²) in [5.41, 5.74) is 3.22. The molecule has 1 N–H and O–H groups in total. The minimum Gasteiger partial charge on any atom is -0.334 e. The van der Waals surface area contributed by atoms with Gasteiger partial charge in [0.05, 0.1) is 5.69 Å². The van der Waals surface area contributed by atoms with E-state index in [-0.39, 0.29) is 18.1 Å². The molecule has 1 aliphatic heterocycles. The van der Waals surface area contributed by atoms with Crippen LogP contribution < -0.4 is 5.32 Å². The monoisotopic (exact) mass is 363 g/mol. The van der Waals surface area contributed by atoms with Crippen molar-refractivity contribution in [2.45, 2.75) is 38.6 Å². The maximum atomic E-state index is 13.7. The molecule has 0 unspecified atom stereocenters. The number of anilines is 1. The molecule has 1 aromatic heterocycles. The summed E-state index contributed by atoms with van der Waals surface area (Å²) < 4.78 is 15.9. The first kappa shape index (κ1) is 17.5. The Morgan fingerprint density at radius 3 is 2.89 bits per heavy atom. The van der Waals surface area contributed by atoms with Crippen molar-refractivity contribution in [3.63, 3.8) is 0 Å². The van der Waals surface area contributed by atoms with Crippen LogP contribution in [0.5, 0.6) is 0 Å². The van der Waals surface area contributed by atoms with Crippen molar-refractivity contribution in [2.75, 3.05) is 5.32 Å². The van der Waals surface area contributed by atoms with Gasteiger partial charge in [0.25, 0.3) is 0 Å². The summed E-state index contributed by atoms with van der Waals surface area (Å²) in [6.07, 6.45) is 6.12. The lowest BCUT2D eigenvalue weighted by atomic mass is 10.1. The standard InChI is InChI=1S/C22H22FN3O/c23-19-9-2-1-6-16(19)11-12-22(27)24-18-8-5-7-17(14-18)20-15-26-13-4-3-10-21(26)25-20/h1-2,5-9,14-15H,3-4,10-13H2,(H,24,27). The number of rotatable bonds is 5. The minimum absolute atomic E-state index is 0.125. The van der Waals surface area contributed by atoms with Crippen LogP contribution in [0.4, 0.5) is 10.1 Å². The normalized spacial score (nSPS) is 13.2. The Balaban J connectivity index is 1.42. The van der Waals surface area contributed by atoms with Crippen LogP contribution in [0.15, 0.2) is 54.7 Å². The summed E-state index contributed by atoms with van der Waals surface area (Å²) in [5.74, 6) is 0.742. The molecule has 0 saturated heterocycles. The summed E-state index contributed by atoms with van der Waals surface area (Å²) in [5, 5.41) is 2.91. The van der Waals surface area contributed by atoms with Gasteiger partial charge in [-0.2, -0.15) is 0 Å². The van der Waals surface area contributed by atoms with Crippen molar-refractivity contribution in [3.8, 4) is 11.3 Å². The van der Waals surface area contributed by atoms with Crippen molar-refractivity contribution in [2.24, 2.45) is 0 Å². The third kappa shape index (κ3) is 4.08. The van der Waals surface area contributed by atoms with Gasteiger partial charge in [-0.05, 0) is 43.0 Å². The molecule has 1 amide bonds. The largest absolute Gasteiger partial charge is 0.334 e. The van der Waals surface area contributed by atoms with E-state index in [2.05, 4.69) is 16.1 Å². The molecule has 3 aromatic rings. The molecule has 0 radical (unpaired) electrons. The van der Waals surface area contributed by atoms with Gasteiger partial charge in [-0.25, -0.2) is 9.37 Å². The smallest absolute Gasteiger partial charge is 0.224 e. The maximum absolute atomic E-state index is 13.7. The Morgan fingerprint density at radius 1 is 1.15 bits per heavy atom. The van der Waals surface area contributed by atoms with E-state index in [1.54, 1.807) is 18.2 Å². The van der Waals surface area contributed by atoms with Gasteiger partial charge < -0.3 is 9.88 Å². The number of aromatic nitrogens is 2. The lowest BCUT2D eigenvalue weighted by Crippen LogP contribution is -2.12. The topological polar surface area (TPSA) is 46.9 Å². The molecular formula is C22H22FN3O. The fourth-order valence-electron chi connectivity index (χ4n) is 3.48. The molecule has 1 aliphatic rings. The third-order valence-corrected chi connectivity index (χ3v) is 4.93. The average molecular weight is 363 g/mol. The Hall–Kier alpha value is -2.95. The second-order valence-electron chi connectivity index (χ2n) is 6.91. The van der Waals surface area contributed by atoms with Crippen LogP contribution >= 0.6 is 0 Å². The van der Waals surface area contributed by atoms with Crippen molar-refractivity contribution in [1.29, 1.82) is 0 Å². The lowest BCUT2D eigenvalue weighted by molar-refractivity contribution is -0.116. The Labute approximate surface area is 158 Å². The van der Waals surface area contributed by atoms with Crippen LogP contribution in [0, 0.1) is 5.82 Å². The van der Waals surface area contributed by atoms with E-state index in [0.717, 1.165) is 35.7 Å². The number of amides is 1. The number of nitrogens with one attached hydrogen (secondary N) is 1. The summed E-state index contributed by atoms with van der Waals surface area (Å²) in [6.45, 7) is 1.02. The zero-order valence-corrected chi connectivity index (χ0v) is 15.1. The average Bonchev–Trinajstić information content (AvgIpc) is 3.12. The Kier molecular flexibility index (Phi) is 5.01. The van der Waals surface area contributed by atoms with Crippen molar-refractivity contribution < 1.29 is 9.18 Å². The zero-order valence-electron chi connectivity index (χ0n) is 15.1. The van der Waals surface area contributed by atoms with Gasteiger partial charge >= 0.3 is 0 Å². The third-order valence-electron chi connectivity index (χ3n) is 4.93. The summed E-state index contributed by atoms with van der Waals surface area (Å²) in [4.78, 5) is 17.0. The number of fused-ring (bicyclic) bond motifs is 1. The van der Waals surface area contributed by atoms with E-state index in [9.17, 15) is 9.18 Å². The number of aryl methyl sites for hydroxylation is 3. The van der Waals surface area contributed by atoms with E-state index >= 15 is 0 Å². The number of nitrogens with zero attached hydrogens (tertiary/aromatic N) is 2. The van der Waals surface area contributed by atoms with Gasteiger partial charge in [0, 0.05) is 36.8 Å². The highest BCUT2D eigenvalue weighted by molar-refractivity contribution is 5.91. The van der Waals surface area contributed by atoms with Crippen molar-refractivity contribution >= 4 is 11.6 Å². The fourth-order valence-corrected chi connectivity index (χ4v) is 3.48. The van der Waals surface area contributed by atoms with Crippen molar-refractivity contribution in [3.05, 3.63) is 71.9 Å². The predicted molar refractivity (Wildman–Crippen MR) is 104 cm³/mol. The molecule has 0 atom stereocenters. The van der Waals surface area contributed by atoms with Gasteiger partial charge in [0.2, 0.25) is 5.91 Å². The number of halogens is 1. The number of imidazole rings is 1. The first-order valence-electron chi connectivity index (χ1n) is 9.39. The second kappa shape index (κ2) is 7.74. The molecule has 4 nitrogen and oxygen atoms in total. The molecule has 2 aromatic carbocycles. The molecule has 2 heterocycles. The molecule has 0 saturated carbocycles. The maximum Gasteiger partial charge on any atom is 0.224 e. The van der Waals surface area contributed by atoms with Gasteiger partial charge in [-0.15, -0.1) is 0 Å². The highest BCUT2D eigenvalue weighted by Crippen LogP contribution is 2.25. The van der Waals surface area contributed by atoms with Gasteiger partial charge in [-0.1, -0.05) is 30.3 Å². The first-order chi connectivity index (χ1) is 13.2. The quantitative estimate of drug-likeness (QED) is 0.720.